The highest BCUT2D eigenvalue weighted by atomic mass is 79.9. The molecule has 25 heavy (non-hydrogen) atoms. The Morgan fingerprint density at radius 2 is 1.80 bits per heavy atom. The van der Waals surface area contributed by atoms with Crippen molar-refractivity contribution < 1.29 is 22.6 Å². The van der Waals surface area contributed by atoms with Crippen molar-refractivity contribution in [2.24, 2.45) is 0 Å². The van der Waals surface area contributed by atoms with Crippen molar-refractivity contribution in [3.05, 3.63) is 56.6 Å². The Labute approximate surface area is 160 Å². The van der Waals surface area contributed by atoms with Gasteiger partial charge in [0.15, 0.2) is 0 Å². The predicted octanol–water partition coefficient (Wildman–Crippen LogP) is 6.52. The second-order valence-corrected chi connectivity index (χ2v) is 7.95. The number of aryl methyl sites for hydroxylation is 2. The number of hydrogen-bond acceptors (Lipinski definition) is 3. The second-order valence-electron chi connectivity index (χ2n) is 5.18. The van der Waals surface area contributed by atoms with E-state index < -0.39 is 11.7 Å². The Bertz CT molecular complexity index is 747. The lowest BCUT2D eigenvalue weighted by Crippen LogP contribution is -2.05. The summed E-state index contributed by atoms with van der Waals surface area (Å²) in [5, 5.41) is 0. The van der Waals surface area contributed by atoms with E-state index in [0.29, 0.717) is 12.4 Å². The van der Waals surface area contributed by atoms with Gasteiger partial charge in [0.25, 0.3) is 0 Å². The number of alkyl halides is 3. The summed E-state index contributed by atoms with van der Waals surface area (Å²) in [7, 11) is 0. The van der Waals surface area contributed by atoms with Crippen molar-refractivity contribution >= 4 is 31.9 Å². The Kier molecular flexibility index (Phi) is 6.51. The van der Waals surface area contributed by atoms with Crippen molar-refractivity contribution in [1.29, 1.82) is 0 Å². The molecule has 0 aliphatic rings. The number of hydrogen-bond donors (Lipinski definition) is 0. The summed E-state index contributed by atoms with van der Waals surface area (Å²) in [5.41, 5.74) is 0.879. The van der Waals surface area contributed by atoms with E-state index in [0.717, 1.165) is 32.5 Å². The van der Waals surface area contributed by atoms with E-state index in [9.17, 15) is 13.2 Å². The molecule has 0 N–H and O–H groups in total. The van der Waals surface area contributed by atoms with Gasteiger partial charge in [-0.1, -0.05) is 0 Å². The Hall–Kier alpha value is -1.54. The van der Waals surface area contributed by atoms with E-state index in [-0.39, 0.29) is 5.88 Å². The van der Waals surface area contributed by atoms with Crippen LogP contribution in [-0.4, -0.2) is 11.6 Å². The molecule has 0 aliphatic carbocycles. The smallest absolute Gasteiger partial charge is 0.417 e. The summed E-state index contributed by atoms with van der Waals surface area (Å²) < 4.78 is 49.7. The predicted molar refractivity (Wildman–Crippen MR) is 96.7 cm³/mol. The highest BCUT2D eigenvalue weighted by Gasteiger charge is 2.30. The van der Waals surface area contributed by atoms with Gasteiger partial charge in [-0.15, -0.1) is 0 Å². The molecule has 1 aromatic heterocycles. The molecule has 0 saturated carbocycles. The summed E-state index contributed by atoms with van der Waals surface area (Å²) in [4.78, 5) is 3.70. The molecular formula is C17H14Br2F3NO2. The number of rotatable bonds is 5. The molecular weight excluding hydrogens is 467 g/mol. The average molecular weight is 481 g/mol. The van der Waals surface area contributed by atoms with Gasteiger partial charge in [0, 0.05) is 12.3 Å². The molecule has 0 aliphatic heterocycles. The molecule has 0 fully saturated rings. The van der Waals surface area contributed by atoms with E-state index in [4.69, 9.17) is 9.47 Å². The standard InChI is InChI=1S/C17H14Br2F3NO2/c1-10-7-13(8-11(2)16(10)24-6-5-14(18)19)25-15-4-3-12(9-23-15)17(20,21)22/h3-5,7-9H,6H2,1-2H3. The van der Waals surface area contributed by atoms with E-state index >= 15 is 0 Å². The van der Waals surface area contributed by atoms with Crippen LogP contribution in [0.4, 0.5) is 13.2 Å². The first-order valence-electron chi connectivity index (χ1n) is 7.13. The van der Waals surface area contributed by atoms with Gasteiger partial charge in [-0.3, -0.25) is 0 Å². The lowest BCUT2D eigenvalue weighted by molar-refractivity contribution is -0.137. The van der Waals surface area contributed by atoms with Crippen LogP contribution < -0.4 is 9.47 Å². The first kappa shape index (κ1) is 19.8. The highest BCUT2D eigenvalue weighted by Crippen LogP contribution is 2.32. The zero-order chi connectivity index (χ0) is 18.6. The number of aromatic nitrogens is 1. The molecule has 0 spiro atoms. The molecule has 0 radical (unpaired) electrons. The molecule has 0 amide bonds. The van der Waals surface area contributed by atoms with Gasteiger partial charge < -0.3 is 9.47 Å². The molecule has 2 aromatic rings. The Morgan fingerprint density at radius 1 is 1.16 bits per heavy atom. The lowest BCUT2D eigenvalue weighted by atomic mass is 10.1. The Morgan fingerprint density at radius 3 is 2.28 bits per heavy atom. The molecule has 0 atom stereocenters. The van der Waals surface area contributed by atoms with Gasteiger partial charge in [-0.25, -0.2) is 4.98 Å². The third kappa shape index (κ3) is 5.74. The van der Waals surface area contributed by atoms with Gasteiger partial charge in [-0.2, -0.15) is 13.2 Å². The fraction of sp³-hybridized carbons (Fsp3) is 0.235. The largest absolute Gasteiger partial charge is 0.489 e. The van der Waals surface area contributed by atoms with Crippen LogP contribution in [0.15, 0.2) is 39.9 Å². The Balaban J connectivity index is 2.14. The van der Waals surface area contributed by atoms with Crippen molar-refractivity contribution in [3.8, 4) is 17.4 Å². The first-order valence-corrected chi connectivity index (χ1v) is 8.71. The second kappa shape index (κ2) is 8.23. The zero-order valence-electron chi connectivity index (χ0n) is 13.3. The molecule has 1 aromatic carbocycles. The molecule has 3 nitrogen and oxygen atoms in total. The van der Waals surface area contributed by atoms with Crippen molar-refractivity contribution in [2.45, 2.75) is 20.0 Å². The summed E-state index contributed by atoms with van der Waals surface area (Å²) in [6.45, 7) is 4.11. The minimum atomic E-state index is -4.42. The summed E-state index contributed by atoms with van der Waals surface area (Å²) in [5.74, 6) is 1.30. The SMILES string of the molecule is Cc1cc(Oc2ccc(C(F)(F)F)cn2)cc(C)c1OCC=C(Br)Br. The minimum absolute atomic E-state index is 0.0895. The van der Waals surface area contributed by atoms with E-state index in [1.165, 1.54) is 6.07 Å². The monoisotopic (exact) mass is 479 g/mol. The number of pyridine rings is 1. The minimum Gasteiger partial charge on any atom is -0.489 e. The molecule has 8 heteroatoms. The maximum absolute atomic E-state index is 12.5. The van der Waals surface area contributed by atoms with E-state index in [1.54, 1.807) is 12.1 Å². The third-order valence-electron chi connectivity index (χ3n) is 3.19. The van der Waals surface area contributed by atoms with Crippen LogP contribution in [0, 0.1) is 13.8 Å². The normalized spacial score (nSPS) is 11.2. The van der Waals surface area contributed by atoms with E-state index in [2.05, 4.69) is 36.8 Å². The average Bonchev–Trinajstić information content (AvgIpc) is 2.49. The van der Waals surface area contributed by atoms with Gasteiger partial charge in [-0.05, 0) is 81.1 Å². The lowest BCUT2D eigenvalue weighted by Gasteiger charge is -2.13. The van der Waals surface area contributed by atoms with Gasteiger partial charge in [0.05, 0.1) is 8.96 Å². The molecule has 0 unspecified atom stereocenters. The van der Waals surface area contributed by atoms with Gasteiger partial charge in [0.1, 0.15) is 18.1 Å². The van der Waals surface area contributed by atoms with Gasteiger partial charge >= 0.3 is 6.18 Å². The summed E-state index contributed by atoms with van der Waals surface area (Å²) in [6.07, 6.45) is -1.86. The number of ether oxygens (including phenoxy) is 2. The molecule has 0 bridgehead atoms. The molecule has 2 rings (SSSR count). The van der Waals surface area contributed by atoms with Gasteiger partial charge in [0.2, 0.25) is 5.88 Å². The molecule has 1 heterocycles. The fourth-order valence-corrected chi connectivity index (χ4v) is 2.38. The summed E-state index contributed by atoms with van der Waals surface area (Å²) >= 11 is 6.50. The number of halogens is 5. The van der Waals surface area contributed by atoms with Crippen molar-refractivity contribution in [3.63, 3.8) is 0 Å². The van der Waals surface area contributed by atoms with Crippen molar-refractivity contribution in [2.75, 3.05) is 6.61 Å². The molecule has 0 saturated heterocycles. The van der Waals surface area contributed by atoms with Crippen LogP contribution >= 0.6 is 31.9 Å². The first-order chi connectivity index (χ1) is 11.7. The zero-order valence-corrected chi connectivity index (χ0v) is 16.5. The number of nitrogens with zero attached hydrogens (tertiary/aromatic N) is 1. The summed E-state index contributed by atoms with van der Waals surface area (Å²) in [6, 6.07) is 5.61. The maximum atomic E-state index is 12.5. The molecule has 134 valence electrons. The van der Waals surface area contributed by atoms with Crippen LogP contribution in [0.2, 0.25) is 0 Å². The van der Waals surface area contributed by atoms with E-state index in [1.807, 2.05) is 19.9 Å². The number of benzene rings is 1. The van der Waals surface area contributed by atoms with Crippen LogP contribution in [0.3, 0.4) is 0 Å². The quantitative estimate of drug-likeness (QED) is 0.488. The van der Waals surface area contributed by atoms with Crippen LogP contribution in [-0.2, 0) is 6.18 Å². The fourth-order valence-electron chi connectivity index (χ4n) is 2.11. The topological polar surface area (TPSA) is 31.4 Å². The maximum Gasteiger partial charge on any atom is 0.417 e. The third-order valence-corrected chi connectivity index (χ3v) is 3.83. The van der Waals surface area contributed by atoms with Crippen molar-refractivity contribution in [1.82, 2.24) is 4.98 Å². The van der Waals surface area contributed by atoms with Crippen LogP contribution in [0.25, 0.3) is 0 Å². The van der Waals surface area contributed by atoms with Crippen LogP contribution in [0.1, 0.15) is 16.7 Å². The van der Waals surface area contributed by atoms with Crippen LogP contribution in [0.5, 0.6) is 17.4 Å². The highest BCUT2D eigenvalue weighted by molar-refractivity contribution is 9.28.